The molecule has 0 spiro atoms. The number of benzene rings is 5. The van der Waals surface area contributed by atoms with Crippen molar-refractivity contribution < 1.29 is 28.1 Å². The van der Waals surface area contributed by atoms with Crippen LogP contribution in [0.3, 0.4) is 0 Å². The van der Waals surface area contributed by atoms with Crippen LogP contribution in [0, 0.1) is 5.92 Å². The van der Waals surface area contributed by atoms with Crippen molar-refractivity contribution in [3.8, 4) is 5.75 Å². The summed E-state index contributed by atoms with van der Waals surface area (Å²) in [7, 11) is -0.956. The summed E-state index contributed by atoms with van der Waals surface area (Å²) in [5, 5.41) is 2.51. The number of hydrogen-bond acceptors (Lipinski definition) is 6. The van der Waals surface area contributed by atoms with E-state index in [1.54, 1.807) is 7.11 Å². The molecule has 0 aliphatic carbocycles. The predicted octanol–water partition coefficient (Wildman–Crippen LogP) is 10.8. The van der Waals surface area contributed by atoms with E-state index in [-0.39, 0.29) is 29.3 Å². The van der Waals surface area contributed by atoms with Crippen LogP contribution in [-0.2, 0) is 43.2 Å². The summed E-state index contributed by atoms with van der Waals surface area (Å²) in [6.07, 6.45) is 6.12. The largest absolute Gasteiger partial charge is 0.497 e. The second kappa shape index (κ2) is 22.2. The summed E-state index contributed by atoms with van der Waals surface area (Å²) < 4.78 is 39.3. The minimum atomic E-state index is -2.65. The highest BCUT2D eigenvalue weighted by Crippen LogP contribution is 2.37. The van der Waals surface area contributed by atoms with Gasteiger partial charge in [0.2, 0.25) is 0 Å². The SMILES string of the molecule is COc1ccc(CO[C@@H](CCCO[Si](c2ccccc2)(c2ccccc2)C(C)(C)C)[C@@H](C)CC2=CCC[C@H](OCc3ccccc3)[C@@H](COCc3ccccc3)O2)cc1. The van der Waals surface area contributed by atoms with E-state index in [4.69, 9.17) is 28.1 Å². The molecule has 5 aromatic carbocycles. The third-order valence-corrected chi connectivity index (χ3v) is 16.4. The van der Waals surface area contributed by atoms with E-state index in [0.717, 1.165) is 60.3 Å². The summed E-state index contributed by atoms with van der Waals surface area (Å²) in [5.74, 6) is 2.00. The standard InChI is InChI=1S/C52H64O6Si/c1-41(36-46-24-18-29-50(56-38-43-22-12-7-13-23-43)51(58-46)40-54-37-42-20-10-6-11-21-42)49(55-39-44-31-33-45(53-5)34-32-44)30-19-35-57-59(52(2,3)4,47-25-14-8-15-26-47)48-27-16-9-17-28-48/h6-17,20-28,31-34,41,49-51H,18-19,29-30,35-40H2,1-5H3/t41-,49-,50-,51+/m0/s1. The van der Waals surface area contributed by atoms with E-state index < -0.39 is 8.32 Å². The van der Waals surface area contributed by atoms with Gasteiger partial charge in [0.25, 0.3) is 8.32 Å². The summed E-state index contributed by atoms with van der Waals surface area (Å²) in [5.41, 5.74) is 3.41. The molecule has 0 radical (unpaired) electrons. The molecule has 6 nitrogen and oxygen atoms in total. The molecule has 1 aliphatic rings. The van der Waals surface area contributed by atoms with Crippen molar-refractivity contribution in [1.29, 1.82) is 0 Å². The van der Waals surface area contributed by atoms with Gasteiger partial charge >= 0.3 is 0 Å². The Labute approximate surface area is 354 Å². The number of rotatable bonds is 21. The monoisotopic (exact) mass is 812 g/mol. The molecule has 0 saturated carbocycles. The maximum atomic E-state index is 7.31. The smallest absolute Gasteiger partial charge is 0.261 e. The van der Waals surface area contributed by atoms with Crippen molar-refractivity contribution >= 4 is 18.7 Å². The highest BCUT2D eigenvalue weighted by molar-refractivity contribution is 6.99. The minimum Gasteiger partial charge on any atom is -0.497 e. The van der Waals surface area contributed by atoms with Gasteiger partial charge in [-0.15, -0.1) is 0 Å². The fourth-order valence-corrected chi connectivity index (χ4v) is 12.8. The van der Waals surface area contributed by atoms with E-state index >= 15 is 0 Å². The van der Waals surface area contributed by atoms with Crippen molar-refractivity contribution in [3.63, 3.8) is 0 Å². The first-order chi connectivity index (χ1) is 28.7. The summed E-state index contributed by atoms with van der Waals surface area (Å²) in [4.78, 5) is 0. The Morgan fingerprint density at radius 3 is 1.83 bits per heavy atom. The van der Waals surface area contributed by atoms with E-state index in [2.05, 4.69) is 143 Å². The van der Waals surface area contributed by atoms with Crippen molar-refractivity contribution in [2.45, 2.75) is 103 Å². The molecule has 4 atom stereocenters. The zero-order valence-electron chi connectivity index (χ0n) is 35.8. The van der Waals surface area contributed by atoms with Gasteiger partial charge in [-0.1, -0.05) is 161 Å². The van der Waals surface area contributed by atoms with E-state index in [1.165, 1.54) is 10.4 Å². The van der Waals surface area contributed by atoms with Gasteiger partial charge in [0.1, 0.15) is 11.9 Å². The topological polar surface area (TPSA) is 55.4 Å². The molecular formula is C52H64O6Si. The number of methoxy groups -OCH3 is 1. The molecule has 0 saturated heterocycles. The molecule has 1 heterocycles. The van der Waals surface area contributed by atoms with Gasteiger partial charge in [-0.25, -0.2) is 0 Å². The minimum absolute atomic E-state index is 0.0227. The lowest BCUT2D eigenvalue weighted by atomic mass is 9.95. The zero-order valence-corrected chi connectivity index (χ0v) is 36.8. The third kappa shape index (κ3) is 12.5. The molecule has 312 valence electrons. The van der Waals surface area contributed by atoms with E-state index in [9.17, 15) is 0 Å². The molecule has 0 aromatic heterocycles. The molecule has 7 heteroatoms. The second-order valence-electron chi connectivity index (χ2n) is 16.8. The van der Waals surface area contributed by atoms with Gasteiger partial charge in [0.05, 0.1) is 51.5 Å². The lowest BCUT2D eigenvalue weighted by molar-refractivity contribution is -0.0943. The first-order valence-corrected chi connectivity index (χ1v) is 23.3. The van der Waals surface area contributed by atoms with E-state index in [0.29, 0.717) is 33.0 Å². The van der Waals surface area contributed by atoms with Crippen LogP contribution in [0.25, 0.3) is 0 Å². The Kier molecular flexibility index (Phi) is 16.6. The fraction of sp³-hybridized carbons (Fsp3) is 0.385. The van der Waals surface area contributed by atoms with Crippen LogP contribution in [0.15, 0.2) is 157 Å². The maximum Gasteiger partial charge on any atom is 0.261 e. The van der Waals surface area contributed by atoms with Crippen LogP contribution < -0.4 is 15.1 Å². The van der Waals surface area contributed by atoms with Gasteiger partial charge in [0, 0.05) is 13.0 Å². The molecule has 6 rings (SSSR count). The lowest BCUT2D eigenvalue weighted by Gasteiger charge is -2.43. The first kappa shape index (κ1) is 44.1. The molecule has 0 unspecified atom stereocenters. The van der Waals surface area contributed by atoms with Crippen LogP contribution >= 0.6 is 0 Å². The Bertz CT molecular complexity index is 1910. The Morgan fingerprint density at radius 1 is 0.695 bits per heavy atom. The average Bonchev–Trinajstić information content (AvgIpc) is 3.46. The highest BCUT2D eigenvalue weighted by Gasteiger charge is 2.50. The quantitative estimate of drug-likeness (QED) is 0.0543. The van der Waals surface area contributed by atoms with Gasteiger partial charge in [-0.3, -0.25) is 0 Å². The highest BCUT2D eigenvalue weighted by atomic mass is 28.4. The summed E-state index contributed by atoms with van der Waals surface area (Å²) in [6, 6.07) is 50.6. The molecule has 1 aliphatic heterocycles. The average molecular weight is 813 g/mol. The molecular weight excluding hydrogens is 749 g/mol. The van der Waals surface area contributed by atoms with Crippen LogP contribution in [0.4, 0.5) is 0 Å². The molecule has 0 amide bonds. The molecule has 59 heavy (non-hydrogen) atoms. The fourth-order valence-electron chi connectivity index (χ4n) is 8.20. The van der Waals surface area contributed by atoms with Gasteiger partial charge in [-0.2, -0.15) is 0 Å². The summed E-state index contributed by atoms with van der Waals surface area (Å²) in [6.45, 7) is 12.0. The first-order valence-electron chi connectivity index (χ1n) is 21.4. The van der Waals surface area contributed by atoms with E-state index in [1.807, 2.05) is 36.4 Å². The zero-order chi connectivity index (χ0) is 41.3. The van der Waals surface area contributed by atoms with Crippen LogP contribution in [0.1, 0.15) is 76.5 Å². The van der Waals surface area contributed by atoms with Gasteiger partial charge < -0.3 is 28.1 Å². The van der Waals surface area contributed by atoms with Crippen LogP contribution in [-0.4, -0.2) is 47.0 Å². The lowest BCUT2D eigenvalue weighted by Crippen LogP contribution is -2.66. The Hall–Kier alpha value is -4.50. The normalized spacial score (nSPS) is 17.0. The van der Waals surface area contributed by atoms with Gasteiger partial charge in [-0.05, 0) is 81.9 Å². The van der Waals surface area contributed by atoms with Crippen molar-refractivity contribution in [1.82, 2.24) is 0 Å². The van der Waals surface area contributed by atoms with Crippen molar-refractivity contribution in [2.24, 2.45) is 5.92 Å². The van der Waals surface area contributed by atoms with Crippen LogP contribution in [0.2, 0.25) is 5.04 Å². The second-order valence-corrected chi connectivity index (χ2v) is 21.1. The number of ether oxygens (including phenoxy) is 5. The van der Waals surface area contributed by atoms with Crippen LogP contribution in [0.5, 0.6) is 5.75 Å². The summed E-state index contributed by atoms with van der Waals surface area (Å²) >= 11 is 0. The molecule has 0 bridgehead atoms. The maximum absolute atomic E-state index is 7.31. The number of allylic oxidation sites excluding steroid dienone is 2. The molecule has 0 N–H and O–H groups in total. The van der Waals surface area contributed by atoms with Gasteiger partial charge in [0.15, 0.2) is 0 Å². The molecule has 0 fully saturated rings. The van der Waals surface area contributed by atoms with Crippen molar-refractivity contribution in [3.05, 3.63) is 174 Å². The van der Waals surface area contributed by atoms with Crippen molar-refractivity contribution in [2.75, 3.05) is 20.3 Å². The Balaban J connectivity index is 1.16. The molecule has 5 aromatic rings. The predicted molar refractivity (Wildman–Crippen MR) is 241 cm³/mol. The Morgan fingerprint density at radius 2 is 1.25 bits per heavy atom. The third-order valence-electron chi connectivity index (χ3n) is 11.4. The number of hydrogen-bond donors (Lipinski definition) is 0.